The molecule has 0 spiro atoms. The molecule has 0 aromatic carbocycles. The Hall–Kier alpha value is -1.34. The van der Waals surface area contributed by atoms with Crippen LogP contribution in [-0.4, -0.2) is 41.5 Å². The fraction of sp³-hybridized carbons (Fsp3) is 0.842. The summed E-state index contributed by atoms with van der Waals surface area (Å²) in [6.07, 6.45) is 3.79. The number of carboxylic acids is 1. The Labute approximate surface area is 168 Å². The molecular formula is C19H36ClN3O4. The first-order valence-corrected chi connectivity index (χ1v) is 9.68. The largest absolute Gasteiger partial charge is 0.480 e. The Bertz CT molecular complexity index is 491. The molecule has 0 heterocycles. The van der Waals surface area contributed by atoms with Gasteiger partial charge in [-0.3, -0.25) is 9.59 Å². The van der Waals surface area contributed by atoms with Gasteiger partial charge in [-0.2, -0.15) is 0 Å². The fourth-order valence-electron chi connectivity index (χ4n) is 3.40. The standard InChI is InChI=1S/C19H35N3O4.ClH/c1-11(2)9-15(20)18(24)21-10-13-5-7-14(8-6-13)17(23)22-16(12(3)4)19(25)26;/h11-16H,5-10,20H2,1-4H3,(H,21,24)(H,22,23)(H,25,26);1H/t13?,14?,15-,16+;/m0./s1. The second kappa shape index (κ2) is 12.2. The van der Waals surface area contributed by atoms with Crippen LogP contribution in [0.1, 0.15) is 59.8 Å². The van der Waals surface area contributed by atoms with E-state index in [2.05, 4.69) is 10.6 Å². The summed E-state index contributed by atoms with van der Waals surface area (Å²) >= 11 is 0. The first-order chi connectivity index (χ1) is 12.1. The number of carbonyl (C=O) groups excluding carboxylic acids is 2. The van der Waals surface area contributed by atoms with Gasteiger partial charge in [0.05, 0.1) is 6.04 Å². The third-order valence-corrected chi connectivity index (χ3v) is 5.08. The van der Waals surface area contributed by atoms with Crippen LogP contribution in [0, 0.1) is 23.7 Å². The number of nitrogens with two attached hydrogens (primary N) is 1. The van der Waals surface area contributed by atoms with Gasteiger partial charge in [0, 0.05) is 12.5 Å². The second-order valence-corrected chi connectivity index (χ2v) is 8.27. The number of carboxylic acid groups (broad SMARTS) is 1. The average Bonchev–Trinajstić information content (AvgIpc) is 2.56. The summed E-state index contributed by atoms with van der Waals surface area (Å²) in [5.74, 6) is -0.863. The SMILES string of the molecule is CC(C)C[C@H](N)C(=O)NCC1CCC(C(=O)N[C@@H](C(=O)O)C(C)C)CC1.Cl. The monoisotopic (exact) mass is 405 g/mol. The van der Waals surface area contributed by atoms with E-state index in [1.165, 1.54) is 0 Å². The molecule has 0 aromatic rings. The highest BCUT2D eigenvalue weighted by Crippen LogP contribution is 2.28. The molecule has 2 atom stereocenters. The van der Waals surface area contributed by atoms with Crippen LogP contribution in [0.4, 0.5) is 0 Å². The molecule has 1 aliphatic carbocycles. The lowest BCUT2D eigenvalue weighted by atomic mass is 9.81. The molecule has 7 nitrogen and oxygen atoms in total. The zero-order valence-electron chi connectivity index (χ0n) is 16.9. The summed E-state index contributed by atoms with van der Waals surface area (Å²) in [6.45, 7) is 8.22. The van der Waals surface area contributed by atoms with Gasteiger partial charge in [-0.05, 0) is 49.9 Å². The highest BCUT2D eigenvalue weighted by atomic mass is 35.5. The topological polar surface area (TPSA) is 122 Å². The lowest BCUT2D eigenvalue weighted by molar-refractivity contribution is -0.144. The summed E-state index contributed by atoms with van der Waals surface area (Å²) in [6, 6.07) is -1.32. The Morgan fingerprint density at radius 2 is 1.63 bits per heavy atom. The lowest BCUT2D eigenvalue weighted by Crippen LogP contribution is -2.47. The molecule has 2 amide bonds. The zero-order chi connectivity index (χ0) is 19.9. The lowest BCUT2D eigenvalue weighted by Gasteiger charge is -2.29. The summed E-state index contributed by atoms with van der Waals surface area (Å²) < 4.78 is 0. The van der Waals surface area contributed by atoms with E-state index in [1.54, 1.807) is 13.8 Å². The minimum atomic E-state index is -0.998. The molecule has 0 aliphatic heterocycles. The van der Waals surface area contributed by atoms with Crippen molar-refractivity contribution < 1.29 is 19.5 Å². The first kappa shape index (κ1) is 25.7. The van der Waals surface area contributed by atoms with Crippen LogP contribution in [0.3, 0.4) is 0 Å². The van der Waals surface area contributed by atoms with Crippen molar-refractivity contribution in [2.75, 3.05) is 6.54 Å². The van der Waals surface area contributed by atoms with Crippen molar-refractivity contribution >= 4 is 30.2 Å². The number of amides is 2. The Kier molecular flexibility index (Phi) is 11.6. The Morgan fingerprint density at radius 1 is 1.07 bits per heavy atom. The number of nitrogens with one attached hydrogen (secondary N) is 2. The maximum Gasteiger partial charge on any atom is 0.326 e. The summed E-state index contributed by atoms with van der Waals surface area (Å²) in [5.41, 5.74) is 5.88. The number of rotatable bonds is 9. The molecule has 8 heteroatoms. The molecule has 27 heavy (non-hydrogen) atoms. The van der Waals surface area contributed by atoms with E-state index >= 15 is 0 Å². The van der Waals surface area contributed by atoms with E-state index in [4.69, 9.17) is 5.73 Å². The summed E-state index contributed by atoms with van der Waals surface area (Å²) in [4.78, 5) is 35.5. The van der Waals surface area contributed by atoms with E-state index in [0.29, 0.717) is 24.8 Å². The number of hydrogen-bond donors (Lipinski definition) is 4. The van der Waals surface area contributed by atoms with Gasteiger partial charge in [0.1, 0.15) is 6.04 Å². The molecule has 0 bridgehead atoms. The van der Waals surface area contributed by atoms with Gasteiger partial charge in [0.15, 0.2) is 0 Å². The summed E-state index contributed by atoms with van der Waals surface area (Å²) in [7, 11) is 0. The van der Waals surface area contributed by atoms with Crippen LogP contribution >= 0.6 is 12.4 Å². The second-order valence-electron chi connectivity index (χ2n) is 8.27. The van der Waals surface area contributed by atoms with Gasteiger partial charge >= 0.3 is 5.97 Å². The molecule has 0 radical (unpaired) electrons. The van der Waals surface area contributed by atoms with E-state index in [9.17, 15) is 19.5 Å². The van der Waals surface area contributed by atoms with E-state index in [-0.39, 0.29) is 36.1 Å². The van der Waals surface area contributed by atoms with Crippen molar-refractivity contribution in [2.24, 2.45) is 29.4 Å². The molecule has 1 fully saturated rings. The minimum absolute atomic E-state index is 0. The van der Waals surface area contributed by atoms with E-state index < -0.39 is 18.1 Å². The number of halogens is 1. The molecule has 5 N–H and O–H groups in total. The molecular weight excluding hydrogens is 370 g/mol. The van der Waals surface area contributed by atoms with Gasteiger partial charge in [-0.15, -0.1) is 12.4 Å². The van der Waals surface area contributed by atoms with Crippen molar-refractivity contribution in [1.29, 1.82) is 0 Å². The predicted molar refractivity (Wildman–Crippen MR) is 108 cm³/mol. The minimum Gasteiger partial charge on any atom is -0.480 e. The van der Waals surface area contributed by atoms with Crippen molar-refractivity contribution in [3.63, 3.8) is 0 Å². The van der Waals surface area contributed by atoms with E-state index in [0.717, 1.165) is 25.7 Å². The van der Waals surface area contributed by atoms with Gasteiger partial charge in [0.25, 0.3) is 0 Å². The highest BCUT2D eigenvalue weighted by molar-refractivity contribution is 5.85. The fourth-order valence-corrected chi connectivity index (χ4v) is 3.40. The molecule has 1 rings (SSSR count). The van der Waals surface area contributed by atoms with Gasteiger partial charge in [-0.25, -0.2) is 4.79 Å². The van der Waals surface area contributed by atoms with Crippen molar-refractivity contribution in [1.82, 2.24) is 10.6 Å². The van der Waals surface area contributed by atoms with Gasteiger partial charge < -0.3 is 21.5 Å². The van der Waals surface area contributed by atoms with Crippen LogP contribution < -0.4 is 16.4 Å². The first-order valence-electron chi connectivity index (χ1n) is 9.68. The molecule has 1 aliphatic rings. The average molecular weight is 406 g/mol. The Balaban J connectivity index is 0.00000676. The normalized spacial score (nSPS) is 21.9. The van der Waals surface area contributed by atoms with Crippen LogP contribution in [0.25, 0.3) is 0 Å². The maximum absolute atomic E-state index is 12.3. The molecule has 1 saturated carbocycles. The van der Waals surface area contributed by atoms with Crippen LogP contribution in [-0.2, 0) is 14.4 Å². The molecule has 0 aromatic heterocycles. The van der Waals surface area contributed by atoms with E-state index in [1.807, 2.05) is 13.8 Å². The predicted octanol–water partition coefficient (Wildman–Crippen LogP) is 1.93. The molecule has 158 valence electrons. The van der Waals surface area contributed by atoms with Crippen molar-refractivity contribution in [2.45, 2.75) is 71.9 Å². The van der Waals surface area contributed by atoms with Crippen molar-refractivity contribution in [3.05, 3.63) is 0 Å². The van der Waals surface area contributed by atoms with Crippen LogP contribution in [0.15, 0.2) is 0 Å². The Morgan fingerprint density at radius 3 is 2.07 bits per heavy atom. The van der Waals surface area contributed by atoms with Crippen LogP contribution in [0.2, 0.25) is 0 Å². The quantitative estimate of drug-likeness (QED) is 0.467. The number of carbonyl (C=O) groups is 3. The highest BCUT2D eigenvalue weighted by Gasteiger charge is 2.30. The maximum atomic E-state index is 12.3. The third kappa shape index (κ3) is 8.93. The summed E-state index contributed by atoms with van der Waals surface area (Å²) in [5, 5.41) is 14.8. The van der Waals surface area contributed by atoms with Crippen LogP contribution in [0.5, 0.6) is 0 Å². The zero-order valence-corrected chi connectivity index (χ0v) is 17.7. The smallest absolute Gasteiger partial charge is 0.326 e. The molecule has 0 unspecified atom stereocenters. The third-order valence-electron chi connectivity index (χ3n) is 5.08. The molecule has 0 saturated heterocycles. The van der Waals surface area contributed by atoms with Crippen molar-refractivity contribution in [3.8, 4) is 0 Å². The number of aliphatic carboxylic acids is 1. The van der Waals surface area contributed by atoms with Gasteiger partial charge in [-0.1, -0.05) is 27.7 Å². The van der Waals surface area contributed by atoms with Gasteiger partial charge in [0.2, 0.25) is 11.8 Å². The number of hydrogen-bond acceptors (Lipinski definition) is 4.